The highest BCUT2D eigenvalue weighted by Crippen LogP contribution is 2.35. The largest absolute Gasteiger partial charge is 0.366 e. The quantitative estimate of drug-likeness (QED) is 0.305. The number of rotatable bonds is 11. The average Bonchev–Trinajstić information content (AvgIpc) is 3.00. The van der Waals surface area contributed by atoms with Gasteiger partial charge >= 0.3 is 0 Å². The van der Waals surface area contributed by atoms with Gasteiger partial charge in [-0.3, -0.25) is 14.5 Å². The van der Waals surface area contributed by atoms with Crippen molar-refractivity contribution in [3.63, 3.8) is 0 Å². The first-order chi connectivity index (χ1) is 15.4. The molecule has 2 amide bonds. The summed E-state index contributed by atoms with van der Waals surface area (Å²) in [6, 6.07) is 8.04. The number of amides is 2. The second kappa shape index (κ2) is 11.7. The fraction of sp³-hybridized carbons (Fsp3) is 0.643. The molecule has 0 saturated carbocycles. The lowest BCUT2D eigenvalue weighted by atomic mass is 9.91. The smallest absolute Gasteiger partial charge is 0.277 e. The van der Waals surface area contributed by atoms with E-state index in [1.165, 1.54) is 49.8 Å². The monoisotopic (exact) mass is 438 g/mol. The molecule has 3 rings (SSSR count). The van der Waals surface area contributed by atoms with Crippen LogP contribution in [0.3, 0.4) is 0 Å². The third kappa shape index (κ3) is 6.02. The Morgan fingerprint density at radius 1 is 0.812 bits per heavy atom. The first kappa shape index (κ1) is 24.5. The van der Waals surface area contributed by atoms with Gasteiger partial charge in [-0.1, -0.05) is 95.5 Å². The number of hydrogen-bond donors (Lipinski definition) is 0. The molecule has 2 aliphatic heterocycles. The minimum absolute atomic E-state index is 0.0881. The van der Waals surface area contributed by atoms with Crippen molar-refractivity contribution in [1.82, 2.24) is 9.80 Å². The number of unbranched alkanes of at least 4 members (excludes halogenated alkanes) is 7. The molecule has 0 aliphatic carbocycles. The number of piperidine rings is 1. The number of carbonyl (C=O) groups excluding carboxylic acids is 2. The fourth-order valence-electron chi connectivity index (χ4n) is 5.29. The van der Waals surface area contributed by atoms with E-state index >= 15 is 0 Å². The average molecular weight is 439 g/mol. The van der Waals surface area contributed by atoms with Gasteiger partial charge in [-0.15, -0.1) is 0 Å². The van der Waals surface area contributed by atoms with Gasteiger partial charge in [0.05, 0.1) is 5.57 Å². The van der Waals surface area contributed by atoms with Crippen molar-refractivity contribution >= 4 is 17.4 Å². The van der Waals surface area contributed by atoms with Crippen LogP contribution in [0, 0.1) is 18.8 Å². The third-order valence-corrected chi connectivity index (χ3v) is 6.90. The molecular formula is C28H42N2O2. The summed E-state index contributed by atoms with van der Waals surface area (Å²) in [5.41, 5.74) is 3.27. The first-order valence-corrected chi connectivity index (χ1v) is 12.8. The molecule has 4 nitrogen and oxygen atoms in total. The van der Waals surface area contributed by atoms with Crippen LogP contribution in [0.15, 0.2) is 30.0 Å². The van der Waals surface area contributed by atoms with E-state index in [-0.39, 0.29) is 11.8 Å². The Labute approximate surface area is 195 Å². The zero-order valence-corrected chi connectivity index (χ0v) is 20.7. The normalized spacial score (nSPS) is 21.8. The highest BCUT2D eigenvalue weighted by atomic mass is 16.2. The van der Waals surface area contributed by atoms with Gasteiger partial charge in [0.2, 0.25) is 0 Å². The molecule has 2 aliphatic rings. The molecule has 1 fully saturated rings. The van der Waals surface area contributed by atoms with E-state index in [1.54, 1.807) is 0 Å². The van der Waals surface area contributed by atoms with E-state index in [4.69, 9.17) is 0 Å². The predicted molar refractivity (Wildman–Crippen MR) is 132 cm³/mol. The third-order valence-electron chi connectivity index (χ3n) is 6.90. The Hall–Kier alpha value is -2.10. The van der Waals surface area contributed by atoms with Crippen molar-refractivity contribution in [2.24, 2.45) is 11.8 Å². The molecule has 0 radical (unpaired) electrons. The van der Waals surface area contributed by atoms with Crippen LogP contribution >= 0.6 is 0 Å². The Bertz CT molecular complexity index is 801. The summed E-state index contributed by atoms with van der Waals surface area (Å²) < 4.78 is 0. The molecule has 2 heterocycles. The van der Waals surface area contributed by atoms with Crippen LogP contribution in [0.25, 0.3) is 5.57 Å². The standard InChI is InChI=1S/C28H42N2O2/c1-5-6-7-8-9-10-11-12-17-30-27(31)25(24-15-13-21(2)14-16-24)26(28(30)32)29-19-22(3)18-23(4)20-29/h13-16,22-23H,5-12,17-20H2,1-4H3. The molecule has 1 aromatic rings. The van der Waals surface area contributed by atoms with Gasteiger partial charge in [-0.2, -0.15) is 0 Å². The maximum absolute atomic E-state index is 13.5. The summed E-state index contributed by atoms with van der Waals surface area (Å²) >= 11 is 0. The zero-order valence-electron chi connectivity index (χ0n) is 20.7. The number of hydrogen-bond acceptors (Lipinski definition) is 3. The predicted octanol–water partition coefficient (Wildman–Crippen LogP) is 6.19. The van der Waals surface area contributed by atoms with Gasteiger partial charge in [0, 0.05) is 19.6 Å². The molecule has 0 spiro atoms. The lowest BCUT2D eigenvalue weighted by molar-refractivity contribution is -0.137. The van der Waals surface area contributed by atoms with Crippen LogP contribution in [0.5, 0.6) is 0 Å². The van der Waals surface area contributed by atoms with Gasteiger partial charge in [0.25, 0.3) is 11.8 Å². The van der Waals surface area contributed by atoms with Crippen LogP contribution < -0.4 is 0 Å². The second-order valence-corrected chi connectivity index (χ2v) is 10.2. The summed E-state index contributed by atoms with van der Waals surface area (Å²) in [4.78, 5) is 30.7. The Morgan fingerprint density at radius 3 is 1.97 bits per heavy atom. The molecule has 2 unspecified atom stereocenters. The second-order valence-electron chi connectivity index (χ2n) is 10.2. The summed E-state index contributed by atoms with van der Waals surface area (Å²) in [7, 11) is 0. The van der Waals surface area contributed by atoms with E-state index in [0.29, 0.717) is 29.7 Å². The van der Waals surface area contributed by atoms with E-state index in [9.17, 15) is 9.59 Å². The van der Waals surface area contributed by atoms with Crippen LogP contribution in [-0.4, -0.2) is 41.2 Å². The first-order valence-electron chi connectivity index (χ1n) is 12.8. The molecule has 1 aromatic carbocycles. The van der Waals surface area contributed by atoms with Crippen molar-refractivity contribution in [1.29, 1.82) is 0 Å². The van der Waals surface area contributed by atoms with E-state index in [2.05, 4.69) is 25.7 Å². The van der Waals surface area contributed by atoms with Gasteiger partial charge in [-0.25, -0.2) is 0 Å². The highest BCUT2D eigenvalue weighted by molar-refractivity contribution is 6.35. The van der Waals surface area contributed by atoms with E-state index < -0.39 is 0 Å². The topological polar surface area (TPSA) is 40.6 Å². The summed E-state index contributed by atoms with van der Waals surface area (Å²) in [5.74, 6) is 0.850. The van der Waals surface area contributed by atoms with Crippen molar-refractivity contribution in [3.8, 4) is 0 Å². The van der Waals surface area contributed by atoms with Gasteiger partial charge in [0.15, 0.2) is 0 Å². The number of nitrogens with zero attached hydrogens (tertiary/aromatic N) is 2. The fourth-order valence-corrected chi connectivity index (χ4v) is 5.29. The van der Waals surface area contributed by atoms with Crippen molar-refractivity contribution in [2.75, 3.05) is 19.6 Å². The number of benzene rings is 1. The van der Waals surface area contributed by atoms with Gasteiger partial charge in [-0.05, 0) is 37.2 Å². The van der Waals surface area contributed by atoms with Crippen LogP contribution in [0.1, 0.15) is 89.7 Å². The van der Waals surface area contributed by atoms with Crippen LogP contribution in [0.2, 0.25) is 0 Å². The Kier molecular flexibility index (Phi) is 8.95. The molecule has 0 aromatic heterocycles. The minimum Gasteiger partial charge on any atom is -0.366 e. The Morgan fingerprint density at radius 2 is 1.38 bits per heavy atom. The number of likely N-dealkylation sites (tertiary alicyclic amines) is 1. The lowest BCUT2D eigenvalue weighted by Gasteiger charge is -2.37. The van der Waals surface area contributed by atoms with Gasteiger partial charge < -0.3 is 4.90 Å². The number of carbonyl (C=O) groups is 2. The van der Waals surface area contributed by atoms with Gasteiger partial charge in [0.1, 0.15) is 5.70 Å². The maximum Gasteiger partial charge on any atom is 0.277 e. The van der Waals surface area contributed by atoms with Crippen molar-refractivity contribution in [3.05, 3.63) is 41.1 Å². The highest BCUT2D eigenvalue weighted by Gasteiger charge is 2.42. The lowest BCUT2D eigenvalue weighted by Crippen LogP contribution is -2.42. The zero-order chi connectivity index (χ0) is 23.1. The van der Waals surface area contributed by atoms with E-state index in [0.717, 1.165) is 37.1 Å². The molecule has 0 N–H and O–H groups in total. The SMILES string of the molecule is CCCCCCCCCCN1C(=O)C(c2ccc(C)cc2)=C(N2CC(C)CC(C)C2)C1=O. The minimum atomic E-state index is -0.109. The summed E-state index contributed by atoms with van der Waals surface area (Å²) in [6.45, 7) is 11.0. The molecular weight excluding hydrogens is 396 g/mol. The summed E-state index contributed by atoms with van der Waals surface area (Å²) in [6.07, 6.45) is 10.8. The van der Waals surface area contributed by atoms with Crippen LogP contribution in [0.4, 0.5) is 0 Å². The maximum atomic E-state index is 13.5. The summed E-state index contributed by atoms with van der Waals surface area (Å²) in [5, 5.41) is 0. The molecule has 2 atom stereocenters. The molecule has 176 valence electrons. The number of aryl methyl sites for hydroxylation is 1. The molecule has 32 heavy (non-hydrogen) atoms. The van der Waals surface area contributed by atoms with Crippen molar-refractivity contribution < 1.29 is 9.59 Å². The molecule has 4 heteroatoms. The van der Waals surface area contributed by atoms with Crippen molar-refractivity contribution in [2.45, 2.75) is 85.5 Å². The Balaban J connectivity index is 1.71. The molecule has 0 bridgehead atoms. The van der Waals surface area contributed by atoms with Crippen LogP contribution in [-0.2, 0) is 9.59 Å². The number of imide groups is 1. The molecule has 1 saturated heterocycles. The van der Waals surface area contributed by atoms with E-state index in [1.807, 2.05) is 31.2 Å².